The van der Waals surface area contributed by atoms with Crippen LogP contribution in [0.5, 0.6) is 0 Å². The molecule has 0 aromatic heterocycles. The summed E-state index contributed by atoms with van der Waals surface area (Å²) >= 11 is 0. The summed E-state index contributed by atoms with van der Waals surface area (Å²) in [6.45, 7) is 9.60. The second-order valence-electron chi connectivity index (χ2n) is 6.07. The van der Waals surface area contributed by atoms with Crippen LogP contribution in [0.15, 0.2) is 23.3 Å². The molecule has 0 heterocycles. The molecule has 15 heavy (non-hydrogen) atoms. The van der Waals surface area contributed by atoms with Crippen LogP contribution in [0.1, 0.15) is 59.8 Å². The van der Waals surface area contributed by atoms with Crippen LogP contribution in [-0.2, 0) is 0 Å². The Morgan fingerprint density at radius 2 is 1.80 bits per heavy atom. The second kappa shape index (κ2) is 3.50. The van der Waals surface area contributed by atoms with Gasteiger partial charge in [-0.1, -0.05) is 37.1 Å². The first kappa shape index (κ1) is 11.0. The van der Waals surface area contributed by atoms with Crippen LogP contribution in [0.4, 0.5) is 0 Å². The fourth-order valence-corrected chi connectivity index (χ4v) is 3.36. The van der Waals surface area contributed by atoms with Gasteiger partial charge in [0.15, 0.2) is 0 Å². The Labute approximate surface area is 94.5 Å². The minimum Gasteiger partial charge on any atom is -0.0850 e. The summed E-state index contributed by atoms with van der Waals surface area (Å²) in [5.74, 6) is 0. The van der Waals surface area contributed by atoms with Gasteiger partial charge in [-0.3, -0.25) is 0 Å². The molecule has 0 aromatic carbocycles. The first-order valence-electron chi connectivity index (χ1n) is 6.31. The summed E-state index contributed by atoms with van der Waals surface area (Å²) in [6, 6.07) is 0. The molecule has 0 spiro atoms. The molecule has 0 heteroatoms. The average Bonchev–Trinajstić information content (AvgIpc) is 2.54. The molecule has 2 aliphatic rings. The molecule has 0 nitrogen and oxygen atoms in total. The van der Waals surface area contributed by atoms with Crippen molar-refractivity contribution in [3.63, 3.8) is 0 Å². The van der Waals surface area contributed by atoms with Gasteiger partial charge >= 0.3 is 0 Å². The Hall–Kier alpha value is -0.520. The van der Waals surface area contributed by atoms with Crippen LogP contribution in [0.2, 0.25) is 0 Å². The van der Waals surface area contributed by atoms with Crippen LogP contribution in [-0.4, -0.2) is 0 Å². The van der Waals surface area contributed by atoms with Gasteiger partial charge in [0, 0.05) is 0 Å². The highest BCUT2D eigenvalue weighted by Crippen LogP contribution is 2.57. The lowest BCUT2D eigenvalue weighted by Gasteiger charge is -2.47. The van der Waals surface area contributed by atoms with E-state index in [1.807, 2.05) is 0 Å². The van der Waals surface area contributed by atoms with Crippen LogP contribution in [0, 0.1) is 10.8 Å². The fraction of sp³-hybridized carbons (Fsp3) is 0.733. The number of hydrogen-bond donors (Lipinski definition) is 0. The van der Waals surface area contributed by atoms with Gasteiger partial charge < -0.3 is 0 Å². The molecule has 0 saturated carbocycles. The Morgan fingerprint density at radius 1 is 1.07 bits per heavy atom. The molecule has 84 valence electrons. The van der Waals surface area contributed by atoms with E-state index in [2.05, 4.69) is 39.8 Å². The Balaban J connectivity index is 2.27. The molecule has 0 fully saturated rings. The molecule has 0 amide bonds. The number of allylic oxidation sites excluding steroid dienone is 4. The van der Waals surface area contributed by atoms with Gasteiger partial charge in [0.05, 0.1) is 0 Å². The van der Waals surface area contributed by atoms with Gasteiger partial charge in [0.25, 0.3) is 0 Å². The standard InChI is InChI=1S/C15H24/c1-12-7-10-14(3,11-8-12)15(4)9-5-6-13(15)2/h6-7H,5,8-11H2,1-4H3/t14-,15-/m0/s1. The molecule has 2 aliphatic carbocycles. The predicted octanol–water partition coefficient (Wildman–Crippen LogP) is 4.87. The maximum atomic E-state index is 2.50. The van der Waals surface area contributed by atoms with Crippen molar-refractivity contribution in [1.82, 2.24) is 0 Å². The number of rotatable bonds is 1. The number of hydrogen-bond acceptors (Lipinski definition) is 0. The van der Waals surface area contributed by atoms with Gasteiger partial charge in [0.1, 0.15) is 0 Å². The highest BCUT2D eigenvalue weighted by Gasteiger charge is 2.46. The van der Waals surface area contributed by atoms with E-state index in [0.717, 1.165) is 0 Å². The van der Waals surface area contributed by atoms with E-state index in [9.17, 15) is 0 Å². The first-order chi connectivity index (χ1) is 6.98. The Kier molecular flexibility index (Phi) is 2.56. The third-order valence-electron chi connectivity index (χ3n) is 5.27. The SMILES string of the molecule is CC1=CC[C@](C)([C@@]2(C)CCC=C2C)CC1. The minimum absolute atomic E-state index is 0.462. The maximum Gasteiger partial charge on any atom is -0.00594 e. The normalized spacial score (nSPS) is 41.3. The van der Waals surface area contributed by atoms with E-state index in [0.29, 0.717) is 10.8 Å². The topological polar surface area (TPSA) is 0 Å². The third-order valence-corrected chi connectivity index (χ3v) is 5.27. The monoisotopic (exact) mass is 204 g/mol. The van der Waals surface area contributed by atoms with E-state index in [1.165, 1.54) is 32.1 Å². The van der Waals surface area contributed by atoms with E-state index < -0.39 is 0 Å². The molecule has 0 bridgehead atoms. The van der Waals surface area contributed by atoms with Crippen LogP contribution in [0.3, 0.4) is 0 Å². The lowest BCUT2D eigenvalue weighted by atomic mass is 9.57. The Morgan fingerprint density at radius 3 is 2.27 bits per heavy atom. The molecule has 0 aliphatic heterocycles. The quantitative estimate of drug-likeness (QED) is 0.535. The second-order valence-corrected chi connectivity index (χ2v) is 6.07. The third kappa shape index (κ3) is 1.58. The molecule has 0 unspecified atom stereocenters. The molecule has 0 aromatic rings. The highest BCUT2D eigenvalue weighted by molar-refractivity contribution is 5.24. The largest absolute Gasteiger partial charge is 0.0850 e. The van der Waals surface area contributed by atoms with Crippen molar-refractivity contribution in [1.29, 1.82) is 0 Å². The maximum absolute atomic E-state index is 2.50. The zero-order valence-corrected chi connectivity index (χ0v) is 10.7. The fourth-order valence-electron chi connectivity index (χ4n) is 3.36. The van der Waals surface area contributed by atoms with Crippen LogP contribution in [0.25, 0.3) is 0 Å². The predicted molar refractivity (Wildman–Crippen MR) is 66.8 cm³/mol. The summed E-state index contributed by atoms with van der Waals surface area (Å²) in [7, 11) is 0. The van der Waals surface area contributed by atoms with Gasteiger partial charge in [-0.15, -0.1) is 0 Å². The lowest BCUT2D eigenvalue weighted by Crippen LogP contribution is -2.38. The highest BCUT2D eigenvalue weighted by atomic mass is 14.5. The van der Waals surface area contributed by atoms with Gasteiger partial charge in [-0.05, 0) is 56.8 Å². The molecule has 2 rings (SSSR count). The first-order valence-corrected chi connectivity index (χ1v) is 6.31. The molecular weight excluding hydrogens is 180 g/mol. The van der Waals surface area contributed by atoms with E-state index >= 15 is 0 Å². The van der Waals surface area contributed by atoms with Crippen LogP contribution < -0.4 is 0 Å². The average molecular weight is 204 g/mol. The van der Waals surface area contributed by atoms with Gasteiger partial charge in [-0.2, -0.15) is 0 Å². The molecule has 0 radical (unpaired) electrons. The zero-order valence-electron chi connectivity index (χ0n) is 10.7. The summed E-state index contributed by atoms with van der Waals surface area (Å²) in [5, 5.41) is 0. The minimum atomic E-state index is 0.462. The summed E-state index contributed by atoms with van der Waals surface area (Å²) < 4.78 is 0. The van der Waals surface area contributed by atoms with E-state index in [1.54, 1.807) is 11.1 Å². The zero-order chi connectivity index (χ0) is 11.1. The van der Waals surface area contributed by atoms with Gasteiger partial charge in [0.2, 0.25) is 0 Å². The van der Waals surface area contributed by atoms with Crippen LogP contribution >= 0.6 is 0 Å². The summed E-state index contributed by atoms with van der Waals surface area (Å²) in [6.07, 6.45) is 11.5. The van der Waals surface area contributed by atoms with Crippen molar-refractivity contribution in [2.45, 2.75) is 59.8 Å². The molecule has 0 N–H and O–H groups in total. The van der Waals surface area contributed by atoms with Crippen molar-refractivity contribution >= 4 is 0 Å². The molecule has 2 atom stereocenters. The smallest absolute Gasteiger partial charge is 0.00594 e. The van der Waals surface area contributed by atoms with E-state index in [4.69, 9.17) is 0 Å². The van der Waals surface area contributed by atoms with Crippen molar-refractivity contribution < 1.29 is 0 Å². The molecule has 0 saturated heterocycles. The Bertz CT molecular complexity index is 321. The van der Waals surface area contributed by atoms with Crippen molar-refractivity contribution in [3.05, 3.63) is 23.3 Å². The summed E-state index contributed by atoms with van der Waals surface area (Å²) in [5.41, 5.74) is 4.20. The van der Waals surface area contributed by atoms with E-state index in [-0.39, 0.29) is 0 Å². The lowest BCUT2D eigenvalue weighted by molar-refractivity contribution is 0.0928. The van der Waals surface area contributed by atoms with Crippen molar-refractivity contribution in [2.75, 3.05) is 0 Å². The summed E-state index contributed by atoms with van der Waals surface area (Å²) in [4.78, 5) is 0. The van der Waals surface area contributed by atoms with Crippen molar-refractivity contribution in [3.8, 4) is 0 Å². The van der Waals surface area contributed by atoms with Crippen molar-refractivity contribution in [2.24, 2.45) is 10.8 Å². The van der Waals surface area contributed by atoms with Gasteiger partial charge in [-0.25, -0.2) is 0 Å². The molecular formula is C15H24.